The molecule has 0 aromatic rings. The SMILES string of the molecule is CCCN(CCC)CC(=O)N1CCCC1=O. The Hall–Kier alpha value is -0.900. The van der Waals surface area contributed by atoms with Gasteiger partial charge in [-0.1, -0.05) is 13.8 Å². The summed E-state index contributed by atoms with van der Waals surface area (Å²) in [5.41, 5.74) is 0. The van der Waals surface area contributed by atoms with Crippen molar-refractivity contribution >= 4 is 11.8 Å². The molecule has 0 unspecified atom stereocenters. The summed E-state index contributed by atoms with van der Waals surface area (Å²) in [4.78, 5) is 26.8. The van der Waals surface area contributed by atoms with Crippen LogP contribution in [0.1, 0.15) is 39.5 Å². The van der Waals surface area contributed by atoms with Crippen molar-refractivity contribution in [2.75, 3.05) is 26.2 Å². The third kappa shape index (κ3) is 3.59. The monoisotopic (exact) mass is 226 g/mol. The smallest absolute Gasteiger partial charge is 0.243 e. The molecular weight excluding hydrogens is 204 g/mol. The molecule has 1 heterocycles. The Morgan fingerprint density at radius 1 is 1.31 bits per heavy atom. The summed E-state index contributed by atoms with van der Waals surface area (Å²) in [5, 5.41) is 0. The zero-order chi connectivity index (χ0) is 12.0. The van der Waals surface area contributed by atoms with Gasteiger partial charge in [0.2, 0.25) is 11.8 Å². The van der Waals surface area contributed by atoms with Gasteiger partial charge in [-0.3, -0.25) is 19.4 Å². The molecule has 1 fully saturated rings. The molecule has 0 saturated carbocycles. The van der Waals surface area contributed by atoms with E-state index in [1.165, 1.54) is 4.90 Å². The van der Waals surface area contributed by atoms with Crippen molar-refractivity contribution in [1.82, 2.24) is 9.80 Å². The second kappa shape index (κ2) is 6.63. The van der Waals surface area contributed by atoms with Crippen LogP contribution in [0.3, 0.4) is 0 Å². The number of imide groups is 1. The second-order valence-electron chi connectivity index (χ2n) is 4.32. The lowest BCUT2D eigenvalue weighted by Crippen LogP contribution is -2.41. The number of hydrogen-bond acceptors (Lipinski definition) is 3. The van der Waals surface area contributed by atoms with E-state index in [-0.39, 0.29) is 11.8 Å². The fourth-order valence-corrected chi connectivity index (χ4v) is 2.09. The summed E-state index contributed by atoms with van der Waals surface area (Å²) < 4.78 is 0. The van der Waals surface area contributed by atoms with Gasteiger partial charge >= 0.3 is 0 Å². The maximum Gasteiger partial charge on any atom is 0.243 e. The molecule has 92 valence electrons. The van der Waals surface area contributed by atoms with Gasteiger partial charge < -0.3 is 0 Å². The van der Waals surface area contributed by atoms with Crippen LogP contribution in [0.15, 0.2) is 0 Å². The molecule has 0 radical (unpaired) electrons. The molecule has 0 atom stereocenters. The minimum Gasteiger partial charge on any atom is -0.295 e. The molecule has 0 bridgehead atoms. The van der Waals surface area contributed by atoms with E-state index in [4.69, 9.17) is 0 Å². The van der Waals surface area contributed by atoms with Gasteiger partial charge in [0.15, 0.2) is 0 Å². The van der Waals surface area contributed by atoms with Crippen LogP contribution < -0.4 is 0 Å². The molecule has 16 heavy (non-hydrogen) atoms. The molecule has 1 saturated heterocycles. The predicted octanol–water partition coefficient (Wildman–Crippen LogP) is 1.26. The number of likely N-dealkylation sites (tertiary alicyclic amines) is 1. The quantitative estimate of drug-likeness (QED) is 0.684. The number of hydrogen-bond donors (Lipinski definition) is 0. The maximum atomic E-state index is 11.9. The molecule has 0 spiro atoms. The van der Waals surface area contributed by atoms with Crippen molar-refractivity contribution in [3.63, 3.8) is 0 Å². The van der Waals surface area contributed by atoms with E-state index in [2.05, 4.69) is 18.7 Å². The van der Waals surface area contributed by atoms with Crippen LogP contribution in [0.25, 0.3) is 0 Å². The van der Waals surface area contributed by atoms with E-state index in [0.29, 0.717) is 19.5 Å². The number of carbonyl (C=O) groups is 2. The average molecular weight is 226 g/mol. The van der Waals surface area contributed by atoms with E-state index < -0.39 is 0 Å². The first kappa shape index (κ1) is 13.2. The molecule has 1 rings (SSSR count). The van der Waals surface area contributed by atoms with Gasteiger partial charge in [-0.05, 0) is 32.4 Å². The van der Waals surface area contributed by atoms with Gasteiger partial charge in [0.1, 0.15) is 0 Å². The molecule has 0 N–H and O–H groups in total. The van der Waals surface area contributed by atoms with Crippen LogP contribution in [-0.2, 0) is 9.59 Å². The largest absolute Gasteiger partial charge is 0.295 e. The van der Waals surface area contributed by atoms with Crippen molar-refractivity contribution in [3.05, 3.63) is 0 Å². The topological polar surface area (TPSA) is 40.6 Å². The number of amides is 2. The van der Waals surface area contributed by atoms with Crippen LogP contribution in [0, 0.1) is 0 Å². The third-order valence-electron chi connectivity index (χ3n) is 2.81. The van der Waals surface area contributed by atoms with Crippen LogP contribution in [0.4, 0.5) is 0 Å². The molecular formula is C12H22N2O2. The Kier molecular flexibility index (Phi) is 5.46. The molecule has 1 aliphatic heterocycles. The molecule has 0 aromatic heterocycles. The van der Waals surface area contributed by atoms with Crippen LogP contribution in [0.2, 0.25) is 0 Å². The number of nitrogens with zero attached hydrogens (tertiary/aromatic N) is 2. The maximum absolute atomic E-state index is 11.9. The van der Waals surface area contributed by atoms with E-state index in [1.807, 2.05) is 0 Å². The first-order chi connectivity index (χ1) is 7.69. The molecule has 0 aliphatic carbocycles. The predicted molar refractivity (Wildman–Crippen MR) is 63.0 cm³/mol. The number of rotatable bonds is 6. The van der Waals surface area contributed by atoms with Crippen LogP contribution in [0.5, 0.6) is 0 Å². The third-order valence-corrected chi connectivity index (χ3v) is 2.81. The Bertz CT molecular complexity index is 247. The fraction of sp³-hybridized carbons (Fsp3) is 0.833. The highest BCUT2D eigenvalue weighted by Crippen LogP contribution is 2.10. The van der Waals surface area contributed by atoms with Crippen LogP contribution in [-0.4, -0.2) is 47.8 Å². The van der Waals surface area contributed by atoms with E-state index in [0.717, 1.165) is 32.4 Å². The van der Waals surface area contributed by atoms with Crippen molar-refractivity contribution in [1.29, 1.82) is 0 Å². The Balaban J connectivity index is 2.43. The van der Waals surface area contributed by atoms with Gasteiger partial charge in [-0.2, -0.15) is 0 Å². The summed E-state index contributed by atoms with van der Waals surface area (Å²) in [5.74, 6) is -0.0256. The number of carbonyl (C=O) groups excluding carboxylic acids is 2. The summed E-state index contributed by atoms with van der Waals surface area (Å²) in [7, 11) is 0. The highest BCUT2D eigenvalue weighted by Gasteiger charge is 2.26. The van der Waals surface area contributed by atoms with Crippen LogP contribution >= 0.6 is 0 Å². The normalized spacial score (nSPS) is 16.2. The summed E-state index contributed by atoms with van der Waals surface area (Å²) in [6.07, 6.45) is 3.45. The van der Waals surface area contributed by atoms with E-state index in [1.54, 1.807) is 0 Å². The van der Waals surface area contributed by atoms with Crippen molar-refractivity contribution < 1.29 is 9.59 Å². The van der Waals surface area contributed by atoms with Gasteiger partial charge in [-0.25, -0.2) is 0 Å². The zero-order valence-electron chi connectivity index (χ0n) is 10.4. The average Bonchev–Trinajstić information content (AvgIpc) is 2.65. The highest BCUT2D eigenvalue weighted by molar-refractivity contribution is 5.97. The van der Waals surface area contributed by atoms with Gasteiger partial charge in [0.05, 0.1) is 6.54 Å². The molecule has 1 aliphatic rings. The summed E-state index contributed by atoms with van der Waals surface area (Å²) >= 11 is 0. The minimum atomic E-state index is -0.0237. The van der Waals surface area contributed by atoms with E-state index in [9.17, 15) is 9.59 Å². The Morgan fingerprint density at radius 2 is 1.94 bits per heavy atom. The zero-order valence-corrected chi connectivity index (χ0v) is 10.4. The molecule has 4 heteroatoms. The van der Waals surface area contributed by atoms with Gasteiger partial charge in [-0.15, -0.1) is 0 Å². The van der Waals surface area contributed by atoms with Gasteiger partial charge in [0.25, 0.3) is 0 Å². The lowest BCUT2D eigenvalue weighted by atomic mass is 10.3. The van der Waals surface area contributed by atoms with Gasteiger partial charge in [0, 0.05) is 13.0 Å². The Labute approximate surface area is 97.6 Å². The summed E-state index contributed by atoms with van der Waals surface area (Å²) in [6, 6.07) is 0. The fourth-order valence-electron chi connectivity index (χ4n) is 2.09. The first-order valence-corrected chi connectivity index (χ1v) is 6.24. The molecule has 4 nitrogen and oxygen atoms in total. The standard InChI is InChI=1S/C12H22N2O2/c1-3-7-13(8-4-2)10-12(16)14-9-5-6-11(14)15/h3-10H2,1-2H3. The molecule has 0 aromatic carbocycles. The Morgan fingerprint density at radius 3 is 2.38 bits per heavy atom. The van der Waals surface area contributed by atoms with Crippen molar-refractivity contribution in [2.45, 2.75) is 39.5 Å². The lowest BCUT2D eigenvalue weighted by molar-refractivity contribution is -0.142. The van der Waals surface area contributed by atoms with Crippen molar-refractivity contribution in [3.8, 4) is 0 Å². The summed E-state index contributed by atoms with van der Waals surface area (Å²) in [6.45, 7) is 7.09. The lowest BCUT2D eigenvalue weighted by Gasteiger charge is -2.23. The minimum absolute atomic E-state index is 0.00190. The second-order valence-corrected chi connectivity index (χ2v) is 4.32. The highest BCUT2D eigenvalue weighted by atomic mass is 16.2. The van der Waals surface area contributed by atoms with E-state index >= 15 is 0 Å². The first-order valence-electron chi connectivity index (χ1n) is 6.24. The van der Waals surface area contributed by atoms with Crippen molar-refractivity contribution in [2.24, 2.45) is 0 Å². The molecule has 2 amide bonds.